The Balaban J connectivity index is 1.76. The van der Waals surface area contributed by atoms with E-state index in [2.05, 4.69) is 64.9 Å². The van der Waals surface area contributed by atoms with E-state index in [-0.39, 0.29) is 0 Å². The van der Waals surface area contributed by atoms with Crippen molar-refractivity contribution in [1.29, 1.82) is 0 Å². The van der Waals surface area contributed by atoms with Crippen LogP contribution in [0.5, 0.6) is 0 Å². The minimum absolute atomic E-state index is 0.341. The molecule has 110 valence electrons. The minimum atomic E-state index is 0.341. The standard InChI is InChI=1S/C20H20N2/c1-21-20(19-5-3-2-4-6-19)15-16-7-9-17(10-8-16)18-11-13-22-14-12-18/h2-14,20-21H,15H2,1H3. The van der Waals surface area contributed by atoms with Crippen LogP contribution in [0.2, 0.25) is 0 Å². The molecule has 3 aromatic rings. The fourth-order valence-corrected chi connectivity index (χ4v) is 2.69. The fraction of sp³-hybridized carbons (Fsp3) is 0.150. The number of benzene rings is 2. The van der Waals surface area contributed by atoms with Crippen LogP contribution in [-0.4, -0.2) is 12.0 Å². The van der Waals surface area contributed by atoms with Crippen molar-refractivity contribution in [1.82, 2.24) is 10.3 Å². The molecule has 2 heteroatoms. The SMILES string of the molecule is CNC(Cc1ccc(-c2ccncc2)cc1)c1ccccc1. The third kappa shape index (κ3) is 3.41. The van der Waals surface area contributed by atoms with Gasteiger partial charge in [0.25, 0.3) is 0 Å². The topological polar surface area (TPSA) is 24.9 Å². The third-order valence-electron chi connectivity index (χ3n) is 3.96. The van der Waals surface area contributed by atoms with Crippen LogP contribution in [0, 0.1) is 0 Å². The van der Waals surface area contributed by atoms with Crippen molar-refractivity contribution in [3.8, 4) is 11.1 Å². The lowest BCUT2D eigenvalue weighted by Gasteiger charge is -2.17. The van der Waals surface area contributed by atoms with E-state index in [0.29, 0.717) is 6.04 Å². The predicted octanol–water partition coefficient (Wildman–Crippen LogP) is 4.25. The van der Waals surface area contributed by atoms with Gasteiger partial charge in [0.05, 0.1) is 0 Å². The summed E-state index contributed by atoms with van der Waals surface area (Å²) in [5.41, 5.74) is 5.09. The van der Waals surface area contributed by atoms with E-state index < -0.39 is 0 Å². The van der Waals surface area contributed by atoms with Gasteiger partial charge < -0.3 is 5.32 Å². The summed E-state index contributed by atoms with van der Waals surface area (Å²) in [6.07, 6.45) is 4.64. The van der Waals surface area contributed by atoms with Gasteiger partial charge in [-0.25, -0.2) is 0 Å². The molecule has 2 aromatic carbocycles. The Labute approximate surface area is 131 Å². The first-order chi connectivity index (χ1) is 10.9. The summed E-state index contributed by atoms with van der Waals surface area (Å²) in [5, 5.41) is 3.40. The van der Waals surface area contributed by atoms with Crippen LogP contribution in [-0.2, 0) is 6.42 Å². The Morgan fingerprint density at radius 2 is 1.45 bits per heavy atom. The molecule has 0 radical (unpaired) electrons. The smallest absolute Gasteiger partial charge is 0.0358 e. The summed E-state index contributed by atoms with van der Waals surface area (Å²) in [6.45, 7) is 0. The summed E-state index contributed by atoms with van der Waals surface area (Å²) >= 11 is 0. The number of hydrogen-bond donors (Lipinski definition) is 1. The van der Waals surface area contributed by atoms with Gasteiger partial charge in [-0.2, -0.15) is 0 Å². The molecule has 1 heterocycles. The molecule has 0 aliphatic heterocycles. The summed E-state index contributed by atoms with van der Waals surface area (Å²) in [7, 11) is 2.02. The quantitative estimate of drug-likeness (QED) is 0.759. The van der Waals surface area contributed by atoms with Gasteiger partial charge in [-0.05, 0) is 47.9 Å². The van der Waals surface area contributed by atoms with E-state index in [4.69, 9.17) is 0 Å². The Morgan fingerprint density at radius 1 is 0.818 bits per heavy atom. The maximum Gasteiger partial charge on any atom is 0.0358 e. The molecule has 0 aliphatic rings. The highest BCUT2D eigenvalue weighted by Gasteiger charge is 2.09. The van der Waals surface area contributed by atoms with Crippen LogP contribution in [0.3, 0.4) is 0 Å². The normalized spacial score (nSPS) is 12.0. The molecule has 0 amide bonds. The molecule has 1 aromatic heterocycles. The van der Waals surface area contributed by atoms with Crippen LogP contribution in [0.25, 0.3) is 11.1 Å². The van der Waals surface area contributed by atoms with Gasteiger partial charge in [0.2, 0.25) is 0 Å². The molecule has 3 rings (SSSR count). The number of aromatic nitrogens is 1. The van der Waals surface area contributed by atoms with E-state index in [9.17, 15) is 0 Å². The summed E-state index contributed by atoms with van der Waals surface area (Å²) in [4.78, 5) is 4.06. The minimum Gasteiger partial charge on any atom is -0.313 e. The number of hydrogen-bond acceptors (Lipinski definition) is 2. The van der Waals surface area contributed by atoms with Crippen LogP contribution in [0.1, 0.15) is 17.2 Å². The first-order valence-electron chi connectivity index (χ1n) is 7.58. The van der Waals surface area contributed by atoms with Crippen molar-refractivity contribution in [2.24, 2.45) is 0 Å². The van der Waals surface area contributed by atoms with Crippen molar-refractivity contribution in [2.75, 3.05) is 7.05 Å². The largest absolute Gasteiger partial charge is 0.313 e. The second-order valence-electron chi connectivity index (χ2n) is 5.39. The molecule has 0 spiro atoms. The first-order valence-corrected chi connectivity index (χ1v) is 7.58. The van der Waals surface area contributed by atoms with Crippen LogP contribution in [0.15, 0.2) is 79.1 Å². The molecule has 22 heavy (non-hydrogen) atoms. The molecule has 1 N–H and O–H groups in total. The van der Waals surface area contributed by atoms with Gasteiger partial charge in [0.15, 0.2) is 0 Å². The Kier molecular flexibility index (Phi) is 4.62. The summed E-state index contributed by atoms with van der Waals surface area (Å²) < 4.78 is 0. The van der Waals surface area contributed by atoms with Crippen LogP contribution < -0.4 is 5.32 Å². The lowest BCUT2D eigenvalue weighted by atomic mass is 9.97. The number of nitrogens with zero attached hydrogens (tertiary/aromatic N) is 1. The van der Waals surface area contributed by atoms with E-state index in [0.717, 1.165) is 6.42 Å². The zero-order valence-corrected chi connectivity index (χ0v) is 12.7. The second-order valence-corrected chi connectivity index (χ2v) is 5.39. The highest BCUT2D eigenvalue weighted by atomic mass is 14.9. The van der Waals surface area contributed by atoms with Crippen molar-refractivity contribution >= 4 is 0 Å². The number of nitrogens with one attached hydrogen (secondary N) is 1. The van der Waals surface area contributed by atoms with Gasteiger partial charge in [-0.3, -0.25) is 4.98 Å². The van der Waals surface area contributed by atoms with E-state index in [1.807, 2.05) is 31.6 Å². The molecule has 1 unspecified atom stereocenters. The lowest BCUT2D eigenvalue weighted by molar-refractivity contribution is 0.592. The van der Waals surface area contributed by atoms with Gasteiger partial charge in [0, 0.05) is 18.4 Å². The maximum absolute atomic E-state index is 4.06. The maximum atomic E-state index is 4.06. The highest BCUT2D eigenvalue weighted by Crippen LogP contribution is 2.22. The molecule has 1 atom stereocenters. The van der Waals surface area contributed by atoms with Crippen molar-refractivity contribution in [3.63, 3.8) is 0 Å². The summed E-state index contributed by atoms with van der Waals surface area (Å²) in [5.74, 6) is 0. The Bertz CT molecular complexity index is 691. The van der Waals surface area contributed by atoms with Crippen molar-refractivity contribution in [2.45, 2.75) is 12.5 Å². The lowest BCUT2D eigenvalue weighted by Crippen LogP contribution is -2.18. The van der Waals surface area contributed by atoms with Crippen LogP contribution in [0.4, 0.5) is 0 Å². The second kappa shape index (κ2) is 7.01. The monoisotopic (exact) mass is 288 g/mol. The van der Waals surface area contributed by atoms with E-state index in [1.54, 1.807) is 0 Å². The molecular weight excluding hydrogens is 268 g/mol. The summed E-state index contributed by atoms with van der Waals surface area (Å²) in [6, 6.07) is 23.8. The van der Waals surface area contributed by atoms with Gasteiger partial charge in [0.1, 0.15) is 0 Å². The number of rotatable bonds is 5. The Hall–Kier alpha value is -2.45. The van der Waals surface area contributed by atoms with Gasteiger partial charge in [-0.1, -0.05) is 54.6 Å². The molecule has 2 nitrogen and oxygen atoms in total. The number of pyridine rings is 1. The van der Waals surface area contributed by atoms with Gasteiger partial charge >= 0.3 is 0 Å². The van der Waals surface area contributed by atoms with Gasteiger partial charge in [-0.15, -0.1) is 0 Å². The predicted molar refractivity (Wildman–Crippen MR) is 91.6 cm³/mol. The average Bonchev–Trinajstić information content (AvgIpc) is 2.62. The van der Waals surface area contributed by atoms with E-state index in [1.165, 1.54) is 22.3 Å². The molecule has 0 aliphatic carbocycles. The molecule has 0 bridgehead atoms. The first kappa shape index (κ1) is 14.5. The fourth-order valence-electron chi connectivity index (χ4n) is 2.69. The van der Waals surface area contributed by atoms with Crippen molar-refractivity contribution < 1.29 is 0 Å². The highest BCUT2D eigenvalue weighted by molar-refractivity contribution is 5.62. The Morgan fingerprint density at radius 3 is 2.09 bits per heavy atom. The molecule has 0 fully saturated rings. The zero-order valence-electron chi connectivity index (χ0n) is 12.7. The van der Waals surface area contributed by atoms with Crippen LogP contribution >= 0.6 is 0 Å². The average molecular weight is 288 g/mol. The molecule has 0 saturated carbocycles. The molecule has 0 saturated heterocycles. The third-order valence-corrected chi connectivity index (χ3v) is 3.96. The molecular formula is C20H20N2. The van der Waals surface area contributed by atoms with Crippen molar-refractivity contribution in [3.05, 3.63) is 90.3 Å². The van der Waals surface area contributed by atoms with E-state index >= 15 is 0 Å². The zero-order chi connectivity index (χ0) is 15.2. The number of likely N-dealkylation sites (N-methyl/N-ethyl adjacent to an activating group) is 1.